The Balaban J connectivity index is 1.68. The first-order chi connectivity index (χ1) is 11.7. The minimum absolute atomic E-state index is 0.0708. The molecule has 0 aromatic heterocycles. The molecule has 1 saturated heterocycles. The van der Waals surface area contributed by atoms with Crippen LogP contribution in [-0.2, 0) is 9.59 Å². The number of benzene rings is 1. The SMILES string of the molecule is Cc1ccc(OCC(=O)NCCCN2C(=O)NC(C)(C)C2=O)cc1C. The maximum Gasteiger partial charge on any atom is 0.325 e. The number of carbonyl (C=O) groups excluding carboxylic acids is 3. The van der Waals surface area contributed by atoms with Crippen molar-refractivity contribution in [2.24, 2.45) is 0 Å². The van der Waals surface area contributed by atoms with Crippen molar-refractivity contribution in [2.45, 2.75) is 39.7 Å². The quantitative estimate of drug-likeness (QED) is 0.578. The molecule has 7 nitrogen and oxygen atoms in total. The van der Waals surface area contributed by atoms with Crippen molar-refractivity contribution in [3.63, 3.8) is 0 Å². The molecule has 0 spiro atoms. The van der Waals surface area contributed by atoms with Gasteiger partial charge >= 0.3 is 6.03 Å². The normalized spacial score (nSPS) is 15.9. The average Bonchev–Trinajstić information content (AvgIpc) is 2.73. The molecule has 1 aliphatic rings. The van der Waals surface area contributed by atoms with Gasteiger partial charge in [-0.1, -0.05) is 6.07 Å². The molecule has 2 rings (SSSR count). The Morgan fingerprint density at radius 3 is 2.56 bits per heavy atom. The number of hydrogen-bond acceptors (Lipinski definition) is 4. The molecule has 1 aromatic carbocycles. The van der Waals surface area contributed by atoms with Gasteiger partial charge in [-0.05, 0) is 57.4 Å². The number of aryl methyl sites for hydroxylation is 2. The number of rotatable bonds is 7. The van der Waals surface area contributed by atoms with Crippen LogP contribution >= 0.6 is 0 Å². The van der Waals surface area contributed by atoms with Gasteiger partial charge in [0.25, 0.3) is 11.8 Å². The number of ether oxygens (including phenoxy) is 1. The zero-order valence-corrected chi connectivity index (χ0v) is 15.1. The predicted octanol–water partition coefficient (Wildman–Crippen LogP) is 1.52. The van der Waals surface area contributed by atoms with Crippen LogP contribution in [0.4, 0.5) is 4.79 Å². The van der Waals surface area contributed by atoms with Crippen LogP contribution in [0.5, 0.6) is 5.75 Å². The van der Waals surface area contributed by atoms with Gasteiger partial charge in [-0.25, -0.2) is 4.79 Å². The average molecular weight is 347 g/mol. The van der Waals surface area contributed by atoms with E-state index in [1.54, 1.807) is 13.8 Å². The van der Waals surface area contributed by atoms with E-state index in [0.717, 1.165) is 5.56 Å². The standard InChI is InChI=1S/C18H25N3O4/c1-12-6-7-14(10-13(12)2)25-11-15(22)19-8-5-9-21-16(23)18(3,4)20-17(21)24/h6-7,10H,5,8-9,11H2,1-4H3,(H,19,22)(H,20,24). The summed E-state index contributed by atoms with van der Waals surface area (Å²) in [7, 11) is 0. The first-order valence-electron chi connectivity index (χ1n) is 8.31. The van der Waals surface area contributed by atoms with Crippen LogP contribution in [0.1, 0.15) is 31.4 Å². The lowest BCUT2D eigenvalue weighted by atomic mass is 10.1. The van der Waals surface area contributed by atoms with Gasteiger partial charge in [0.05, 0.1) is 0 Å². The molecule has 1 aliphatic heterocycles. The topological polar surface area (TPSA) is 87.7 Å². The summed E-state index contributed by atoms with van der Waals surface area (Å²) >= 11 is 0. The maximum atomic E-state index is 12.0. The third kappa shape index (κ3) is 4.71. The Kier molecular flexibility index (Phi) is 5.66. The summed E-state index contributed by atoms with van der Waals surface area (Å²) in [6, 6.07) is 5.28. The molecule has 0 aliphatic carbocycles. The zero-order chi connectivity index (χ0) is 18.6. The molecule has 0 radical (unpaired) electrons. The third-order valence-electron chi connectivity index (χ3n) is 4.17. The lowest BCUT2D eigenvalue weighted by molar-refractivity contribution is -0.130. The smallest absolute Gasteiger partial charge is 0.325 e. The predicted molar refractivity (Wildman–Crippen MR) is 93.4 cm³/mol. The summed E-state index contributed by atoms with van der Waals surface area (Å²) in [6.07, 6.45) is 0.491. The summed E-state index contributed by atoms with van der Waals surface area (Å²) in [4.78, 5) is 36.7. The molecule has 4 amide bonds. The number of nitrogens with zero attached hydrogens (tertiary/aromatic N) is 1. The number of nitrogens with one attached hydrogen (secondary N) is 2. The molecule has 1 fully saturated rings. The Labute approximate surface area is 147 Å². The van der Waals surface area contributed by atoms with Gasteiger partial charge in [0.15, 0.2) is 6.61 Å². The highest BCUT2D eigenvalue weighted by Crippen LogP contribution is 2.17. The maximum absolute atomic E-state index is 12.0. The van der Waals surface area contributed by atoms with E-state index in [4.69, 9.17) is 4.74 Å². The fraction of sp³-hybridized carbons (Fsp3) is 0.500. The van der Waals surface area contributed by atoms with E-state index in [0.29, 0.717) is 18.7 Å². The van der Waals surface area contributed by atoms with Gasteiger partial charge in [-0.15, -0.1) is 0 Å². The van der Waals surface area contributed by atoms with Crippen LogP contribution < -0.4 is 15.4 Å². The lowest BCUT2D eigenvalue weighted by Crippen LogP contribution is -2.40. The molecular weight excluding hydrogens is 322 g/mol. The Bertz CT molecular complexity index is 685. The Morgan fingerprint density at radius 2 is 1.96 bits per heavy atom. The van der Waals surface area contributed by atoms with Gasteiger partial charge in [0.1, 0.15) is 11.3 Å². The monoisotopic (exact) mass is 347 g/mol. The van der Waals surface area contributed by atoms with Crippen molar-refractivity contribution in [1.29, 1.82) is 0 Å². The molecule has 0 atom stereocenters. The lowest BCUT2D eigenvalue weighted by Gasteiger charge is -2.16. The highest BCUT2D eigenvalue weighted by Gasteiger charge is 2.43. The molecular formula is C18H25N3O4. The second kappa shape index (κ2) is 7.55. The molecule has 0 bridgehead atoms. The summed E-state index contributed by atoms with van der Waals surface area (Å²) in [6.45, 7) is 7.90. The first kappa shape index (κ1) is 18.8. The van der Waals surface area contributed by atoms with Crippen LogP contribution in [0.15, 0.2) is 18.2 Å². The Hall–Kier alpha value is -2.57. The van der Waals surface area contributed by atoms with E-state index >= 15 is 0 Å². The van der Waals surface area contributed by atoms with E-state index in [1.807, 2.05) is 32.0 Å². The van der Waals surface area contributed by atoms with Gasteiger partial charge in [-0.2, -0.15) is 0 Å². The second-order valence-corrected chi connectivity index (χ2v) is 6.75. The fourth-order valence-electron chi connectivity index (χ4n) is 2.49. The van der Waals surface area contributed by atoms with E-state index in [9.17, 15) is 14.4 Å². The number of hydrogen-bond donors (Lipinski definition) is 2. The van der Waals surface area contributed by atoms with Crippen molar-refractivity contribution >= 4 is 17.8 Å². The third-order valence-corrected chi connectivity index (χ3v) is 4.17. The van der Waals surface area contributed by atoms with Crippen molar-refractivity contribution < 1.29 is 19.1 Å². The van der Waals surface area contributed by atoms with Gasteiger partial charge in [-0.3, -0.25) is 14.5 Å². The molecule has 0 saturated carbocycles. The van der Waals surface area contributed by atoms with Crippen molar-refractivity contribution in [2.75, 3.05) is 19.7 Å². The number of urea groups is 1. The first-order valence-corrected chi connectivity index (χ1v) is 8.31. The minimum Gasteiger partial charge on any atom is -0.484 e. The molecule has 1 heterocycles. The molecule has 25 heavy (non-hydrogen) atoms. The van der Waals surface area contributed by atoms with Crippen molar-refractivity contribution in [3.05, 3.63) is 29.3 Å². The van der Waals surface area contributed by atoms with Gasteiger partial charge in [0, 0.05) is 13.1 Å². The van der Waals surface area contributed by atoms with E-state index in [1.165, 1.54) is 10.5 Å². The zero-order valence-electron chi connectivity index (χ0n) is 15.1. The summed E-state index contributed by atoms with van der Waals surface area (Å²) < 4.78 is 5.45. The van der Waals surface area contributed by atoms with Crippen molar-refractivity contribution in [1.82, 2.24) is 15.5 Å². The molecule has 0 unspecified atom stereocenters. The van der Waals surface area contributed by atoms with Crippen LogP contribution in [0.2, 0.25) is 0 Å². The van der Waals surface area contributed by atoms with Crippen LogP contribution in [0.25, 0.3) is 0 Å². The van der Waals surface area contributed by atoms with E-state index in [-0.39, 0.29) is 31.0 Å². The fourth-order valence-corrected chi connectivity index (χ4v) is 2.49. The second-order valence-electron chi connectivity index (χ2n) is 6.75. The van der Waals surface area contributed by atoms with Crippen LogP contribution in [0.3, 0.4) is 0 Å². The van der Waals surface area contributed by atoms with Crippen LogP contribution in [0, 0.1) is 13.8 Å². The summed E-state index contributed by atoms with van der Waals surface area (Å²) in [5.74, 6) is 0.164. The largest absolute Gasteiger partial charge is 0.484 e. The summed E-state index contributed by atoms with van der Waals surface area (Å²) in [5.41, 5.74) is 1.41. The van der Waals surface area contributed by atoms with E-state index in [2.05, 4.69) is 10.6 Å². The number of amides is 4. The van der Waals surface area contributed by atoms with Gasteiger partial charge < -0.3 is 15.4 Å². The molecule has 2 N–H and O–H groups in total. The highest BCUT2D eigenvalue weighted by atomic mass is 16.5. The van der Waals surface area contributed by atoms with E-state index < -0.39 is 5.54 Å². The summed E-state index contributed by atoms with van der Waals surface area (Å²) in [5, 5.41) is 5.34. The molecule has 136 valence electrons. The van der Waals surface area contributed by atoms with Crippen LogP contribution in [-0.4, -0.2) is 48.0 Å². The highest BCUT2D eigenvalue weighted by molar-refractivity contribution is 6.06. The molecule has 1 aromatic rings. The molecule has 7 heteroatoms. The number of carbonyl (C=O) groups is 3. The van der Waals surface area contributed by atoms with Gasteiger partial charge in [0.2, 0.25) is 0 Å². The Morgan fingerprint density at radius 1 is 1.24 bits per heavy atom. The van der Waals surface area contributed by atoms with Crippen molar-refractivity contribution in [3.8, 4) is 5.75 Å². The number of imide groups is 1. The minimum atomic E-state index is -0.861.